The molecule has 0 heterocycles. The van der Waals surface area contributed by atoms with Crippen molar-refractivity contribution in [2.45, 2.75) is 69.9 Å². The number of aliphatic hydroxyl groups is 2. The largest absolute Gasteiger partial charge is 0.435 e. The van der Waals surface area contributed by atoms with Crippen LogP contribution in [0.1, 0.15) is 57.8 Å². The van der Waals surface area contributed by atoms with Crippen molar-refractivity contribution in [3.05, 3.63) is 0 Å². The van der Waals surface area contributed by atoms with Crippen LogP contribution in [0.5, 0.6) is 0 Å². The molecule has 0 aliphatic carbocycles. The number of unbranched alkanes of at least 4 members (excludes halogenated alkanes) is 8. The molecule has 11 nitrogen and oxygen atoms in total. The van der Waals surface area contributed by atoms with Gasteiger partial charge in [0.05, 0.1) is 13.2 Å². The summed E-state index contributed by atoms with van der Waals surface area (Å²) >= 11 is 0. The van der Waals surface area contributed by atoms with Crippen molar-refractivity contribution in [2.24, 2.45) is 0 Å². The van der Waals surface area contributed by atoms with Gasteiger partial charge in [0.25, 0.3) is 0 Å². The predicted molar refractivity (Wildman–Crippen MR) is 131 cm³/mol. The molecule has 0 aromatic carbocycles. The maximum atomic E-state index is 9.15. The Labute approximate surface area is 227 Å². The van der Waals surface area contributed by atoms with Gasteiger partial charge in [-0.25, -0.2) is 0 Å². The fourth-order valence-corrected chi connectivity index (χ4v) is 7.89. The monoisotopic (exact) mass is 625 g/mol. The first kappa shape index (κ1) is 35.5. The van der Waals surface area contributed by atoms with E-state index >= 15 is 0 Å². The molecule has 0 saturated heterocycles. The summed E-state index contributed by atoms with van der Waals surface area (Å²) in [5.74, 6) is 0. The van der Waals surface area contributed by atoms with Gasteiger partial charge in [0.1, 0.15) is 6.10 Å². The zero-order valence-corrected chi connectivity index (χ0v) is 27.8. The summed E-state index contributed by atoms with van der Waals surface area (Å²) in [5.41, 5.74) is 0. The van der Waals surface area contributed by atoms with Gasteiger partial charge in [0.2, 0.25) is 20.2 Å². The highest BCUT2D eigenvalue weighted by molar-refractivity contribution is 6.49. The Morgan fingerprint density at radius 3 is 1.53 bits per heavy atom. The van der Waals surface area contributed by atoms with Gasteiger partial charge in [0.15, 0.2) is 0 Å². The van der Waals surface area contributed by atoms with Gasteiger partial charge in [-0.05, 0) is 12.5 Å². The van der Waals surface area contributed by atoms with Crippen LogP contribution < -0.4 is 0 Å². The average molecular weight is 626 g/mol. The second kappa shape index (κ2) is 32.5. The van der Waals surface area contributed by atoms with Crippen molar-refractivity contribution in [1.29, 1.82) is 0 Å². The quantitative estimate of drug-likeness (QED) is 0.0744. The van der Waals surface area contributed by atoms with E-state index in [1.54, 1.807) is 0 Å². The molecule has 0 aliphatic rings. The molecule has 0 spiro atoms. The fraction of sp³-hybridized carbons (Fsp3) is 1.00. The predicted octanol–water partition coefficient (Wildman–Crippen LogP) is -1.14. The lowest BCUT2D eigenvalue weighted by atomic mass is 10.1. The molecule has 0 bridgehead atoms. The normalized spacial score (nSPS) is 12.4. The van der Waals surface area contributed by atoms with E-state index in [1.165, 1.54) is 44.9 Å². The SMILES string of the molecule is OCC(O)COCCCCCCCCCCC[Si]O[Si]O[Si]O[Si]O[Si]O[Si]O[Si]O[Si]O[Si]. The lowest BCUT2D eigenvalue weighted by Gasteiger charge is -2.08. The van der Waals surface area contributed by atoms with Crippen molar-refractivity contribution < 1.29 is 47.9 Å². The molecule has 0 saturated carbocycles. The van der Waals surface area contributed by atoms with Crippen LogP contribution in [0.15, 0.2) is 0 Å². The van der Waals surface area contributed by atoms with Crippen LogP contribution >= 0.6 is 0 Å². The molecule has 1 unspecified atom stereocenters. The van der Waals surface area contributed by atoms with Crippen molar-refractivity contribution in [3.63, 3.8) is 0 Å². The third kappa shape index (κ3) is 31.5. The number of hydrogen-bond acceptors (Lipinski definition) is 11. The standard InChI is InChI=1S/C14H29O11Si9/c15-12-14(16)13-17-10-8-6-4-2-1-3-5-7-9-11-27-19-29-21-31-23-33-25-34-24-32-22-30-20-28-18-26/h14-16H,1-13H2. The highest BCUT2D eigenvalue weighted by Gasteiger charge is 2.04. The second-order valence-electron chi connectivity index (χ2n) is 6.39. The maximum Gasteiger partial charge on any atom is 0.412 e. The number of aliphatic hydroxyl groups excluding tert-OH is 2. The Hall–Kier alpha value is 1.51. The highest BCUT2D eigenvalue weighted by Crippen LogP contribution is 2.10. The zero-order chi connectivity index (χ0) is 24.8. The molecule has 0 aromatic heterocycles. The average Bonchev–Trinajstić information content (AvgIpc) is 2.85. The molecular formula is C14H29O11Si9. The highest BCUT2D eigenvalue weighted by atomic mass is 28.4. The van der Waals surface area contributed by atoms with Crippen LogP contribution in [-0.2, 0) is 37.7 Å². The van der Waals surface area contributed by atoms with Crippen LogP contribution in [0, 0.1) is 0 Å². The second-order valence-corrected chi connectivity index (χ2v) is 14.9. The summed E-state index contributed by atoms with van der Waals surface area (Å²) in [6.45, 7) is 0.644. The van der Waals surface area contributed by atoms with Crippen molar-refractivity contribution in [1.82, 2.24) is 0 Å². The van der Waals surface area contributed by atoms with Gasteiger partial charge in [-0.2, -0.15) is 0 Å². The Balaban J connectivity index is 3.02. The van der Waals surface area contributed by atoms with Crippen molar-refractivity contribution in [3.8, 4) is 0 Å². The lowest BCUT2D eigenvalue weighted by molar-refractivity contribution is 0.00526. The van der Waals surface area contributed by atoms with Gasteiger partial charge >= 0.3 is 70.0 Å². The molecule has 0 aromatic rings. The van der Waals surface area contributed by atoms with E-state index in [-0.39, 0.29) is 83.3 Å². The van der Waals surface area contributed by atoms with Gasteiger partial charge in [-0.3, -0.25) is 0 Å². The summed E-state index contributed by atoms with van der Waals surface area (Å²) in [5, 5.41) is 17.8. The molecule has 19 radical (unpaired) electrons. The van der Waals surface area contributed by atoms with Crippen molar-refractivity contribution >= 4 is 90.3 Å². The molecule has 34 heavy (non-hydrogen) atoms. The summed E-state index contributed by atoms with van der Waals surface area (Å²) in [6.07, 6.45) is 10.2. The fourth-order valence-electron chi connectivity index (χ4n) is 2.24. The van der Waals surface area contributed by atoms with Gasteiger partial charge < -0.3 is 47.9 Å². The first-order valence-electron chi connectivity index (χ1n) is 10.6. The van der Waals surface area contributed by atoms with E-state index < -0.39 is 6.10 Å². The topological polar surface area (TPSA) is 124 Å². The molecule has 1 atom stereocenters. The van der Waals surface area contributed by atoms with Crippen molar-refractivity contribution in [2.75, 3.05) is 19.8 Å². The van der Waals surface area contributed by atoms with E-state index in [2.05, 4.69) is 14.6 Å². The third-order valence-corrected chi connectivity index (χ3v) is 9.55. The molecular weight excluding hydrogens is 597 g/mol. The molecule has 0 aliphatic heterocycles. The maximum absolute atomic E-state index is 9.15. The minimum absolute atomic E-state index is 0.00380. The summed E-state index contributed by atoms with van der Waals surface area (Å²) in [7, 11) is 2.47. The van der Waals surface area contributed by atoms with Gasteiger partial charge in [-0.1, -0.05) is 51.4 Å². The summed E-state index contributed by atoms with van der Waals surface area (Å²) < 4.78 is 46.0. The lowest BCUT2D eigenvalue weighted by Crippen LogP contribution is -2.20. The van der Waals surface area contributed by atoms with E-state index in [9.17, 15) is 0 Å². The van der Waals surface area contributed by atoms with E-state index in [0.29, 0.717) is 16.4 Å². The Kier molecular flexibility index (Phi) is 34.0. The first-order valence-corrected chi connectivity index (χ1v) is 17.8. The first-order chi connectivity index (χ1) is 16.8. The van der Waals surface area contributed by atoms with Gasteiger partial charge in [-0.15, -0.1) is 0 Å². The summed E-state index contributed by atoms with van der Waals surface area (Å²) in [4.78, 5) is 0. The Morgan fingerprint density at radius 1 is 0.588 bits per heavy atom. The molecule has 0 fully saturated rings. The van der Waals surface area contributed by atoms with Crippen LogP contribution in [-0.4, -0.2) is 126 Å². The molecule has 2 N–H and O–H groups in total. The van der Waals surface area contributed by atoms with E-state index in [4.69, 9.17) is 43.8 Å². The van der Waals surface area contributed by atoms with Crippen LogP contribution in [0.4, 0.5) is 0 Å². The molecule has 20 heteroatoms. The van der Waals surface area contributed by atoms with Crippen LogP contribution in [0.3, 0.4) is 0 Å². The Bertz CT molecular complexity index is 386. The number of rotatable bonds is 30. The molecule has 0 amide bonds. The minimum Gasteiger partial charge on any atom is -0.435 e. The van der Waals surface area contributed by atoms with E-state index in [1.807, 2.05) is 0 Å². The Morgan fingerprint density at radius 2 is 1.03 bits per heavy atom. The molecule has 0 rings (SSSR count). The molecule has 187 valence electrons. The third-order valence-electron chi connectivity index (χ3n) is 3.74. The smallest absolute Gasteiger partial charge is 0.412 e. The van der Waals surface area contributed by atoms with Crippen LogP contribution in [0.2, 0.25) is 6.04 Å². The number of ether oxygens (including phenoxy) is 1. The zero-order valence-electron chi connectivity index (χ0n) is 18.8. The number of hydrogen-bond donors (Lipinski definition) is 2. The minimum atomic E-state index is -0.751. The van der Waals surface area contributed by atoms with Gasteiger partial charge in [0, 0.05) is 6.61 Å². The van der Waals surface area contributed by atoms with Crippen LogP contribution in [0.25, 0.3) is 0 Å². The van der Waals surface area contributed by atoms with E-state index in [0.717, 1.165) is 18.9 Å². The summed E-state index contributed by atoms with van der Waals surface area (Å²) in [6, 6.07) is 1.08.